The minimum atomic E-state index is 0. The molecule has 1 N–H and O–H groups in total. The largest absolute Gasteiger partial charge is 0.496 e. The lowest BCUT2D eigenvalue weighted by Gasteiger charge is -2.34. The average Bonchev–Trinajstić information content (AvgIpc) is 2.60. The molecule has 24 heavy (non-hydrogen) atoms. The van der Waals surface area contributed by atoms with Gasteiger partial charge in [0.25, 0.3) is 0 Å². The monoisotopic (exact) mass is 447 g/mol. The lowest BCUT2D eigenvalue weighted by atomic mass is 10.1. The Hall–Kier alpha value is -1.02. The molecule has 1 heterocycles. The van der Waals surface area contributed by atoms with Crippen LogP contribution in [0, 0.1) is 0 Å². The molecule has 6 heteroatoms. The van der Waals surface area contributed by atoms with E-state index in [0.717, 1.165) is 56.4 Å². The second kappa shape index (κ2) is 11.5. The summed E-state index contributed by atoms with van der Waals surface area (Å²) in [6.45, 7) is 8.43. The van der Waals surface area contributed by atoms with Crippen molar-refractivity contribution in [3.63, 3.8) is 0 Å². The third-order valence-electron chi connectivity index (χ3n) is 4.07. The van der Waals surface area contributed by atoms with Gasteiger partial charge in [0, 0.05) is 31.8 Å². The van der Waals surface area contributed by atoms with Gasteiger partial charge in [-0.05, 0) is 32.8 Å². The van der Waals surface area contributed by atoms with E-state index in [4.69, 9.17) is 14.5 Å². The number of hydrogen-bond donors (Lipinski definition) is 1. The van der Waals surface area contributed by atoms with Gasteiger partial charge in [0.05, 0.1) is 19.8 Å². The topological polar surface area (TPSA) is 46.1 Å². The van der Waals surface area contributed by atoms with Crippen LogP contribution in [0.1, 0.15) is 32.3 Å². The van der Waals surface area contributed by atoms with Crippen molar-refractivity contribution < 1.29 is 9.47 Å². The van der Waals surface area contributed by atoms with Crippen molar-refractivity contribution in [1.82, 2.24) is 10.2 Å². The number of aliphatic imine (C=N–C) groups is 1. The standard InChI is InChI=1S/C18H29N3O2.HI/c1-4-19-18(21-12-10-16(11-13-21)23-5-2)20-14-15-8-6-7-9-17(15)22-3;/h6-9,16H,4-5,10-14H2,1-3H3,(H,19,20);1H. The fourth-order valence-corrected chi connectivity index (χ4v) is 2.89. The third kappa shape index (κ3) is 6.12. The molecule has 0 saturated carbocycles. The predicted octanol–water partition coefficient (Wildman–Crippen LogP) is 3.28. The highest BCUT2D eigenvalue weighted by atomic mass is 127. The number of halogens is 1. The van der Waals surface area contributed by atoms with Gasteiger partial charge in [0.1, 0.15) is 5.75 Å². The fraction of sp³-hybridized carbons (Fsp3) is 0.611. The maximum absolute atomic E-state index is 5.73. The second-order valence-electron chi connectivity index (χ2n) is 5.62. The molecule has 0 radical (unpaired) electrons. The zero-order valence-electron chi connectivity index (χ0n) is 15.0. The van der Waals surface area contributed by atoms with Crippen molar-refractivity contribution in [2.45, 2.75) is 39.3 Å². The van der Waals surface area contributed by atoms with Crippen LogP contribution >= 0.6 is 24.0 Å². The zero-order chi connectivity index (χ0) is 16.5. The maximum atomic E-state index is 5.73. The first kappa shape index (κ1) is 21.0. The molecular formula is C18H30IN3O2. The quantitative estimate of drug-likeness (QED) is 0.413. The normalized spacial score (nSPS) is 15.8. The first-order valence-corrected chi connectivity index (χ1v) is 8.55. The summed E-state index contributed by atoms with van der Waals surface area (Å²) in [4.78, 5) is 7.13. The summed E-state index contributed by atoms with van der Waals surface area (Å²) in [7, 11) is 1.70. The molecule has 0 amide bonds. The molecule has 1 fully saturated rings. The van der Waals surface area contributed by atoms with Crippen LogP contribution in [0.4, 0.5) is 0 Å². The Morgan fingerprint density at radius 3 is 2.58 bits per heavy atom. The molecule has 1 aliphatic rings. The molecule has 1 saturated heterocycles. The second-order valence-corrected chi connectivity index (χ2v) is 5.62. The number of para-hydroxylation sites is 1. The molecule has 5 nitrogen and oxygen atoms in total. The highest BCUT2D eigenvalue weighted by Gasteiger charge is 2.21. The van der Waals surface area contributed by atoms with Gasteiger partial charge in [0.2, 0.25) is 0 Å². The number of piperidine rings is 1. The summed E-state index contributed by atoms with van der Waals surface area (Å²) in [6.07, 6.45) is 2.52. The highest BCUT2D eigenvalue weighted by Crippen LogP contribution is 2.19. The van der Waals surface area contributed by atoms with Crippen molar-refractivity contribution in [1.29, 1.82) is 0 Å². The van der Waals surface area contributed by atoms with Crippen LogP contribution in [0.15, 0.2) is 29.3 Å². The number of likely N-dealkylation sites (tertiary alicyclic amines) is 1. The van der Waals surface area contributed by atoms with Crippen LogP contribution in [-0.2, 0) is 11.3 Å². The summed E-state index contributed by atoms with van der Waals surface area (Å²) < 4.78 is 11.1. The van der Waals surface area contributed by atoms with Crippen molar-refractivity contribution in [2.75, 3.05) is 33.4 Å². The summed E-state index contributed by atoms with van der Waals surface area (Å²) in [5, 5.41) is 3.40. The number of methoxy groups -OCH3 is 1. The third-order valence-corrected chi connectivity index (χ3v) is 4.07. The van der Waals surface area contributed by atoms with Gasteiger partial charge in [-0.3, -0.25) is 0 Å². The van der Waals surface area contributed by atoms with Crippen LogP contribution < -0.4 is 10.1 Å². The SMILES string of the molecule is CCNC(=NCc1ccccc1OC)N1CCC(OCC)CC1.I. The summed E-state index contributed by atoms with van der Waals surface area (Å²) in [5.74, 6) is 1.87. The minimum absolute atomic E-state index is 0. The van der Waals surface area contributed by atoms with Gasteiger partial charge in [0.15, 0.2) is 5.96 Å². The van der Waals surface area contributed by atoms with E-state index in [0.29, 0.717) is 12.6 Å². The molecule has 136 valence electrons. The Bertz CT molecular complexity index is 503. The molecule has 0 bridgehead atoms. The van der Waals surface area contributed by atoms with E-state index in [2.05, 4.69) is 30.1 Å². The molecule has 0 aliphatic carbocycles. The molecule has 1 aliphatic heterocycles. The van der Waals surface area contributed by atoms with Crippen LogP contribution in [-0.4, -0.2) is 50.3 Å². The summed E-state index contributed by atoms with van der Waals surface area (Å²) >= 11 is 0. The molecule has 2 rings (SSSR count). The van der Waals surface area contributed by atoms with Gasteiger partial charge >= 0.3 is 0 Å². The molecule has 0 unspecified atom stereocenters. The first-order chi connectivity index (χ1) is 11.3. The number of nitrogens with one attached hydrogen (secondary N) is 1. The number of rotatable bonds is 6. The highest BCUT2D eigenvalue weighted by molar-refractivity contribution is 14.0. The van der Waals surface area contributed by atoms with Gasteiger partial charge in [-0.15, -0.1) is 24.0 Å². The Kier molecular flexibility index (Phi) is 10.1. The molecular weight excluding hydrogens is 417 g/mol. The molecule has 0 atom stereocenters. The van der Waals surface area contributed by atoms with Crippen LogP contribution in [0.3, 0.4) is 0 Å². The summed E-state index contributed by atoms with van der Waals surface area (Å²) in [5.41, 5.74) is 1.11. The fourth-order valence-electron chi connectivity index (χ4n) is 2.89. The number of hydrogen-bond acceptors (Lipinski definition) is 3. The van der Waals surface area contributed by atoms with E-state index >= 15 is 0 Å². The number of benzene rings is 1. The molecule has 1 aromatic carbocycles. The number of nitrogens with zero attached hydrogens (tertiary/aromatic N) is 2. The number of ether oxygens (including phenoxy) is 2. The van der Waals surface area contributed by atoms with Crippen molar-refractivity contribution in [2.24, 2.45) is 4.99 Å². The van der Waals surface area contributed by atoms with E-state index in [1.54, 1.807) is 7.11 Å². The van der Waals surface area contributed by atoms with Crippen molar-refractivity contribution >= 4 is 29.9 Å². The Morgan fingerprint density at radius 1 is 1.25 bits per heavy atom. The predicted molar refractivity (Wildman–Crippen MR) is 109 cm³/mol. The van der Waals surface area contributed by atoms with Crippen LogP contribution in [0.2, 0.25) is 0 Å². The van der Waals surface area contributed by atoms with E-state index in [1.165, 1.54) is 0 Å². The lowest BCUT2D eigenvalue weighted by Crippen LogP contribution is -2.47. The van der Waals surface area contributed by atoms with Gasteiger partial charge in [-0.1, -0.05) is 18.2 Å². The maximum Gasteiger partial charge on any atom is 0.194 e. The van der Waals surface area contributed by atoms with Crippen molar-refractivity contribution in [3.05, 3.63) is 29.8 Å². The first-order valence-electron chi connectivity index (χ1n) is 8.55. The molecule has 1 aromatic rings. The van der Waals surface area contributed by atoms with Gasteiger partial charge in [-0.25, -0.2) is 4.99 Å². The Morgan fingerprint density at radius 2 is 1.96 bits per heavy atom. The smallest absolute Gasteiger partial charge is 0.194 e. The van der Waals surface area contributed by atoms with Crippen molar-refractivity contribution in [3.8, 4) is 5.75 Å². The number of guanidine groups is 1. The van der Waals surface area contributed by atoms with E-state index in [9.17, 15) is 0 Å². The molecule has 0 spiro atoms. The van der Waals surface area contributed by atoms with E-state index < -0.39 is 0 Å². The lowest BCUT2D eigenvalue weighted by molar-refractivity contribution is 0.0263. The summed E-state index contributed by atoms with van der Waals surface area (Å²) in [6, 6.07) is 8.04. The van der Waals surface area contributed by atoms with Gasteiger partial charge in [-0.2, -0.15) is 0 Å². The van der Waals surface area contributed by atoms with Crippen LogP contribution in [0.5, 0.6) is 5.75 Å². The minimum Gasteiger partial charge on any atom is -0.496 e. The molecule has 0 aromatic heterocycles. The van der Waals surface area contributed by atoms with E-state index in [1.807, 2.05) is 18.2 Å². The van der Waals surface area contributed by atoms with E-state index in [-0.39, 0.29) is 24.0 Å². The zero-order valence-corrected chi connectivity index (χ0v) is 17.3. The Labute approximate surface area is 162 Å². The Balaban J connectivity index is 0.00000288. The van der Waals surface area contributed by atoms with Crippen LogP contribution in [0.25, 0.3) is 0 Å². The average molecular weight is 447 g/mol. The van der Waals surface area contributed by atoms with Gasteiger partial charge < -0.3 is 19.7 Å².